The molecule has 1 amide bonds. The van der Waals surface area contributed by atoms with E-state index in [0.717, 1.165) is 35.4 Å². The highest BCUT2D eigenvalue weighted by atomic mass is 19.4. The number of amides is 1. The van der Waals surface area contributed by atoms with Gasteiger partial charge in [-0.2, -0.15) is 36.5 Å². The van der Waals surface area contributed by atoms with Crippen LogP contribution in [0.5, 0.6) is 0 Å². The lowest BCUT2D eigenvalue weighted by Gasteiger charge is -2.21. The highest BCUT2D eigenvalue weighted by molar-refractivity contribution is 6.01. The number of benzene rings is 4. The predicted octanol–water partition coefficient (Wildman–Crippen LogP) is 9.02. The number of aryl methyl sites for hydroxylation is 2. The van der Waals surface area contributed by atoms with E-state index in [4.69, 9.17) is 15.2 Å². The number of ether oxygens (including phenoxy) is 3. The van der Waals surface area contributed by atoms with Crippen LogP contribution in [0.4, 0.5) is 38.0 Å². The Hall–Kier alpha value is -7.68. The molecular weight excluding hydrogens is 951 g/mol. The molecule has 0 saturated heterocycles. The Morgan fingerprint density at radius 2 is 1.00 bits per heavy atom. The Kier molecular flexibility index (Phi) is 16.8. The molecule has 72 heavy (non-hydrogen) atoms. The summed E-state index contributed by atoms with van der Waals surface area (Å²) in [5.41, 5.74) is 9.90. The van der Waals surface area contributed by atoms with Crippen LogP contribution in [0.25, 0.3) is 0 Å². The molecule has 3 N–H and O–H groups in total. The van der Waals surface area contributed by atoms with Crippen LogP contribution in [-0.2, 0) is 52.7 Å². The van der Waals surface area contributed by atoms with Crippen LogP contribution in [0, 0.1) is 13.8 Å². The number of rotatable bonds is 11. The number of fused-ring (bicyclic) bond motifs is 2. The van der Waals surface area contributed by atoms with E-state index in [9.17, 15) is 45.5 Å². The van der Waals surface area contributed by atoms with E-state index in [1.165, 1.54) is 33.5 Å². The minimum Gasteiger partial charge on any atom is -0.465 e. The molecule has 0 fully saturated rings. The SMILES string of the molecule is COC(=O)c1c(C)nn2c1N(Cc1cccc(C(F)(F)F)c1)CC2.COC(=O)c1ccc([C@H](C)N)cc1.COC(=O)c1ccc([C@H](C)NC(=O)c2c(C)nn3c2N(Cc2cccc(C(F)(F)F)c2)CC3)cc1. The molecule has 2 aliphatic heterocycles. The fraction of sp³-hybridized carbons (Fsp3) is 0.333. The Morgan fingerprint density at radius 1 is 0.597 bits per heavy atom. The largest absolute Gasteiger partial charge is 0.465 e. The second-order valence-corrected chi connectivity index (χ2v) is 17.0. The van der Waals surface area contributed by atoms with E-state index in [2.05, 4.69) is 20.3 Å². The van der Waals surface area contributed by atoms with Gasteiger partial charge in [-0.15, -0.1) is 0 Å². The van der Waals surface area contributed by atoms with E-state index in [1.807, 2.05) is 35.8 Å². The lowest BCUT2D eigenvalue weighted by Crippen LogP contribution is -2.29. The molecule has 0 saturated carbocycles. The number of esters is 3. The Morgan fingerprint density at radius 3 is 1.40 bits per heavy atom. The molecule has 21 heteroatoms. The maximum atomic E-state index is 13.3. The summed E-state index contributed by atoms with van der Waals surface area (Å²) in [4.78, 5) is 51.7. The summed E-state index contributed by atoms with van der Waals surface area (Å²) in [5, 5.41) is 11.7. The summed E-state index contributed by atoms with van der Waals surface area (Å²) in [5.74, 6) is -0.410. The average molecular weight is 1010 g/mol. The van der Waals surface area contributed by atoms with Crippen LogP contribution in [-0.4, -0.2) is 77.8 Å². The van der Waals surface area contributed by atoms with Gasteiger partial charge in [0.2, 0.25) is 0 Å². The number of hydrogen-bond donors (Lipinski definition) is 2. The highest BCUT2D eigenvalue weighted by Crippen LogP contribution is 2.35. The molecule has 0 unspecified atom stereocenters. The minimum atomic E-state index is -4.42. The highest BCUT2D eigenvalue weighted by Gasteiger charge is 2.35. The van der Waals surface area contributed by atoms with Crippen molar-refractivity contribution in [3.63, 3.8) is 0 Å². The lowest BCUT2D eigenvalue weighted by molar-refractivity contribution is -0.138. The molecule has 2 aliphatic rings. The zero-order valence-corrected chi connectivity index (χ0v) is 40.5. The molecule has 6 aromatic rings. The molecule has 0 spiro atoms. The van der Waals surface area contributed by atoms with Crippen LogP contribution in [0.2, 0.25) is 0 Å². The zero-order valence-electron chi connectivity index (χ0n) is 40.5. The van der Waals surface area contributed by atoms with Crippen molar-refractivity contribution in [1.82, 2.24) is 24.9 Å². The van der Waals surface area contributed by atoms with Crippen molar-refractivity contribution in [2.75, 3.05) is 44.2 Å². The molecule has 15 nitrogen and oxygen atoms in total. The fourth-order valence-electron chi connectivity index (χ4n) is 8.20. The maximum absolute atomic E-state index is 13.3. The van der Waals surface area contributed by atoms with Gasteiger partial charge in [-0.1, -0.05) is 48.5 Å². The first-order chi connectivity index (χ1) is 34.0. The average Bonchev–Trinajstić information content (AvgIpc) is 4.11. The number of nitrogens with zero attached hydrogens (tertiary/aromatic N) is 6. The van der Waals surface area contributed by atoms with Gasteiger partial charge in [-0.05, 0) is 98.5 Å². The molecule has 2 aromatic heterocycles. The van der Waals surface area contributed by atoms with Crippen LogP contribution in [0.3, 0.4) is 0 Å². The van der Waals surface area contributed by atoms with Crippen LogP contribution in [0.15, 0.2) is 97.1 Å². The van der Waals surface area contributed by atoms with E-state index >= 15 is 0 Å². The summed E-state index contributed by atoms with van der Waals surface area (Å²) in [6.07, 6.45) is -8.80. The summed E-state index contributed by atoms with van der Waals surface area (Å²) < 4.78 is 95.4. The van der Waals surface area contributed by atoms with Crippen LogP contribution in [0.1, 0.15) is 112 Å². The molecular formula is C51H54F6N8O7. The van der Waals surface area contributed by atoms with Gasteiger partial charge in [0.25, 0.3) is 5.91 Å². The number of halogens is 6. The van der Waals surface area contributed by atoms with Crippen LogP contribution >= 0.6 is 0 Å². The van der Waals surface area contributed by atoms with E-state index in [1.54, 1.807) is 71.7 Å². The van der Waals surface area contributed by atoms with Gasteiger partial charge in [0.1, 0.15) is 22.8 Å². The molecule has 8 rings (SSSR count). The quantitative estimate of drug-likeness (QED) is 0.0717. The van der Waals surface area contributed by atoms with Gasteiger partial charge < -0.3 is 35.1 Å². The van der Waals surface area contributed by atoms with E-state index in [0.29, 0.717) is 82.6 Å². The number of methoxy groups -OCH3 is 3. The first-order valence-corrected chi connectivity index (χ1v) is 22.5. The van der Waals surface area contributed by atoms with E-state index in [-0.39, 0.29) is 37.0 Å². The van der Waals surface area contributed by atoms with Crippen molar-refractivity contribution < 1.29 is 59.7 Å². The number of hydrogen-bond acceptors (Lipinski definition) is 12. The monoisotopic (exact) mass is 1000 g/mol. The van der Waals surface area contributed by atoms with Gasteiger partial charge in [0.15, 0.2) is 0 Å². The third kappa shape index (κ3) is 12.6. The maximum Gasteiger partial charge on any atom is 0.416 e. The van der Waals surface area contributed by atoms with Gasteiger partial charge >= 0.3 is 30.3 Å². The second-order valence-electron chi connectivity index (χ2n) is 17.0. The predicted molar refractivity (Wildman–Crippen MR) is 254 cm³/mol. The van der Waals surface area contributed by atoms with Gasteiger partial charge in [0, 0.05) is 32.2 Å². The molecule has 382 valence electrons. The number of nitrogens with two attached hydrogens (primary N) is 1. The topological polar surface area (TPSA) is 176 Å². The normalized spacial score (nSPS) is 13.6. The summed E-state index contributed by atoms with van der Waals surface area (Å²) >= 11 is 0. The van der Waals surface area contributed by atoms with Crippen molar-refractivity contribution >= 4 is 35.5 Å². The first-order valence-electron chi connectivity index (χ1n) is 22.5. The molecule has 0 radical (unpaired) electrons. The molecule has 4 aromatic carbocycles. The standard InChI is InChI=1S/C25H25F3N4O3.C16H16F3N3O2.C10H13NO2/c1-15(18-7-9-19(10-8-18)24(34)35-3)29-22(33)21-16(2)30-32-12-11-31(23(21)32)14-17-5-4-6-20(13-17)25(26,27)28;1-10-13(15(23)24-2)14-21(6-7-22(14)20-10)9-11-4-3-5-12(8-11)16(17,18)19;1-7(11)8-3-5-9(6-4-8)10(12)13-2/h4-10,13,15H,11-12,14H2,1-3H3,(H,29,33);3-5,8H,6-7,9H2,1-2H3;3-7H,11H2,1-2H3/t15-;;7-/m0.0/s1. The van der Waals surface area contributed by atoms with Crippen LogP contribution < -0.4 is 20.9 Å². The molecule has 0 bridgehead atoms. The lowest BCUT2D eigenvalue weighted by atomic mass is 10.1. The van der Waals surface area contributed by atoms with Crippen molar-refractivity contribution in [3.05, 3.63) is 164 Å². The molecule has 0 aliphatic carbocycles. The number of anilines is 2. The number of nitrogens with one attached hydrogen (secondary N) is 1. The third-order valence-corrected chi connectivity index (χ3v) is 11.9. The van der Waals surface area contributed by atoms with Gasteiger partial charge in [0.05, 0.1) is 74.1 Å². The number of alkyl halides is 6. The summed E-state index contributed by atoms with van der Waals surface area (Å²) in [7, 11) is 3.96. The Balaban J connectivity index is 0.000000197. The Labute approximate surface area is 411 Å². The number of aromatic nitrogens is 4. The fourth-order valence-corrected chi connectivity index (χ4v) is 8.20. The molecule has 2 atom stereocenters. The van der Waals surface area contributed by atoms with Crippen molar-refractivity contribution in [1.29, 1.82) is 0 Å². The van der Waals surface area contributed by atoms with Crippen molar-refractivity contribution in [2.45, 2.75) is 78.3 Å². The van der Waals surface area contributed by atoms with Crippen molar-refractivity contribution in [2.24, 2.45) is 5.73 Å². The number of carbonyl (C=O) groups excluding carboxylic acids is 4. The van der Waals surface area contributed by atoms with Gasteiger partial charge in [-0.3, -0.25) is 4.79 Å². The first kappa shape index (κ1) is 53.7. The minimum absolute atomic E-state index is 0.00769. The number of carbonyl (C=O) groups is 4. The second kappa shape index (κ2) is 22.6. The van der Waals surface area contributed by atoms with E-state index < -0.39 is 35.4 Å². The zero-order chi connectivity index (χ0) is 52.7. The Bertz CT molecular complexity index is 2900. The summed E-state index contributed by atoms with van der Waals surface area (Å²) in [6.45, 7) is 9.86. The molecule has 4 heterocycles. The van der Waals surface area contributed by atoms with Gasteiger partial charge in [-0.25, -0.2) is 23.7 Å². The smallest absolute Gasteiger partial charge is 0.416 e. The summed E-state index contributed by atoms with van der Waals surface area (Å²) in [6, 6.07) is 23.9. The van der Waals surface area contributed by atoms with Crippen molar-refractivity contribution in [3.8, 4) is 0 Å². The third-order valence-electron chi connectivity index (χ3n) is 11.9.